The number of thiazole rings is 1. The molecular weight excluding hydrogens is 290 g/mol. The highest BCUT2D eigenvalue weighted by molar-refractivity contribution is 7.13. The molecule has 1 aromatic carbocycles. The summed E-state index contributed by atoms with van der Waals surface area (Å²) in [6.07, 6.45) is 0. The molecule has 0 spiro atoms. The van der Waals surface area contributed by atoms with Crippen molar-refractivity contribution >= 4 is 22.5 Å². The lowest BCUT2D eigenvalue weighted by Gasteiger charge is -2.12. The van der Waals surface area contributed by atoms with Crippen molar-refractivity contribution in [3.63, 3.8) is 0 Å². The quantitative estimate of drug-likeness (QED) is 0.805. The van der Waals surface area contributed by atoms with Crippen LogP contribution in [0.1, 0.15) is 12.6 Å². The molecule has 0 fully saturated rings. The van der Waals surface area contributed by atoms with E-state index in [2.05, 4.69) is 15.6 Å². The lowest BCUT2D eigenvalue weighted by molar-refractivity contribution is 0.229. The number of nitrogens with one attached hydrogen (secondary N) is 2. The van der Waals surface area contributed by atoms with Crippen molar-refractivity contribution in [1.82, 2.24) is 10.3 Å². The minimum Gasteiger partial charge on any atom is -0.490 e. The minimum absolute atomic E-state index is 0.0419. The third-order valence-electron chi connectivity index (χ3n) is 2.45. The number of para-hydroxylation sites is 2. The van der Waals surface area contributed by atoms with Crippen LogP contribution in [-0.2, 0) is 0 Å². The summed E-state index contributed by atoms with van der Waals surface area (Å²) in [7, 11) is 0. The first-order valence-electron chi connectivity index (χ1n) is 6.50. The molecule has 2 amide bonds. The summed E-state index contributed by atoms with van der Waals surface area (Å²) in [5.74, 6) is 1.24. The van der Waals surface area contributed by atoms with Gasteiger partial charge < -0.3 is 14.8 Å². The van der Waals surface area contributed by atoms with E-state index in [0.717, 1.165) is 5.69 Å². The van der Waals surface area contributed by atoms with Crippen LogP contribution in [0, 0.1) is 6.92 Å². The number of aryl methyl sites for hydroxylation is 1. The van der Waals surface area contributed by atoms with Gasteiger partial charge in [0, 0.05) is 5.38 Å². The van der Waals surface area contributed by atoms with Crippen LogP contribution in [0.25, 0.3) is 0 Å². The first-order valence-corrected chi connectivity index (χ1v) is 7.38. The fourth-order valence-electron chi connectivity index (χ4n) is 1.58. The number of ether oxygens (including phenoxy) is 2. The highest BCUT2D eigenvalue weighted by Crippen LogP contribution is 2.25. The maximum Gasteiger partial charge on any atom is 0.323 e. The number of hydrogen-bond acceptors (Lipinski definition) is 5. The van der Waals surface area contributed by atoms with Crippen LogP contribution in [-0.4, -0.2) is 24.4 Å². The molecule has 0 aliphatic carbocycles. The summed E-state index contributed by atoms with van der Waals surface area (Å²) in [6.45, 7) is 4.36. The SMILES string of the molecule is CCOc1ccccc1OCNC(=O)Nc1nc(C)cs1. The van der Waals surface area contributed by atoms with Gasteiger partial charge in [-0.05, 0) is 26.0 Å². The number of benzene rings is 1. The molecule has 1 aromatic heterocycles. The summed E-state index contributed by atoms with van der Waals surface area (Å²) >= 11 is 1.37. The molecule has 6 nitrogen and oxygen atoms in total. The van der Waals surface area contributed by atoms with E-state index >= 15 is 0 Å². The smallest absolute Gasteiger partial charge is 0.323 e. The fraction of sp³-hybridized carbons (Fsp3) is 0.286. The average Bonchev–Trinajstić information content (AvgIpc) is 2.86. The van der Waals surface area contributed by atoms with Crippen LogP contribution < -0.4 is 20.1 Å². The van der Waals surface area contributed by atoms with Crippen LogP contribution in [0.5, 0.6) is 11.5 Å². The Kier molecular flexibility index (Phi) is 5.39. The van der Waals surface area contributed by atoms with Gasteiger partial charge in [0.1, 0.15) is 0 Å². The van der Waals surface area contributed by atoms with E-state index in [1.165, 1.54) is 11.3 Å². The normalized spacial score (nSPS) is 10.0. The second kappa shape index (κ2) is 7.49. The van der Waals surface area contributed by atoms with Gasteiger partial charge in [0.25, 0.3) is 0 Å². The predicted octanol–water partition coefficient (Wildman–Crippen LogP) is 3.01. The molecule has 1 heterocycles. The lowest BCUT2D eigenvalue weighted by Crippen LogP contribution is -2.32. The van der Waals surface area contributed by atoms with Crippen molar-refractivity contribution in [1.29, 1.82) is 0 Å². The third-order valence-corrected chi connectivity index (χ3v) is 3.32. The van der Waals surface area contributed by atoms with Gasteiger partial charge in [0.2, 0.25) is 0 Å². The summed E-state index contributed by atoms with van der Waals surface area (Å²) < 4.78 is 10.9. The second-order valence-electron chi connectivity index (χ2n) is 4.09. The molecule has 0 radical (unpaired) electrons. The van der Waals surface area contributed by atoms with Crippen molar-refractivity contribution < 1.29 is 14.3 Å². The Bertz CT molecular complexity index is 601. The number of carbonyl (C=O) groups is 1. The van der Waals surface area contributed by atoms with E-state index in [1.54, 1.807) is 6.07 Å². The van der Waals surface area contributed by atoms with Gasteiger partial charge >= 0.3 is 6.03 Å². The van der Waals surface area contributed by atoms with Gasteiger partial charge in [0.15, 0.2) is 23.4 Å². The van der Waals surface area contributed by atoms with E-state index in [9.17, 15) is 4.79 Å². The summed E-state index contributed by atoms with van der Waals surface area (Å²) in [5.41, 5.74) is 0.872. The van der Waals surface area contributed by atoms with Crippen molar-refractivity contribution in [2.24, 2.45) is 0 Å². The Morgan fingerprint density at radius 3 is 2.62 bits per heavy atom. The minimum atomic E-state index is -0.363. The Balaban J connectivity index is 1.80. The van der Waals surface area contributed by atoms with Crippen LogP contribution >= 0.6 is 11.3 Å². The maximum atomic E-state index is 11.7. The van der Waals surface area contributed by atoms with Gasteiger partial charge in [-0.3, -0.25) is 5.32 Å². The Labute approximate surface area is 127 Å². The molecule has 2 aromatic rings. The highest BCUT2D eigenvalue weighted by atomic mass is 32.1. The van der Waals surface area contributed by atoms with Gasteiger partial charge in [-0.1, -0.05) is 12.1 Å². The average molecular weight is 307 g/mol. The number of aromatic nitrogens is 1. The van der Waals surface area contributed by atoms with Crippen LogP contribution in [0.3, 0.4) is 0 Å². The molecule has 0 unspecified atom stereocenters. The van der Waals surface area contributed by atoms with Gasteiger partial charge in [-0.15, -0.1) is 11.3 Å². The predicted molar refractivity (Wildman–Crippen MR) is 82.1 cm³/mol. The maximum absolute atomic E-state index is 11.7. The molecule has 21 heavy (non-hydrogen) atoms. The number of nitrogens with zero attached hydrogens (tertiary/aromatic N) is 1. The summed E-state index contributed by atoms with van der Waals surface area (Å²) in [5, 5.41) is 7.65. The fourth-order valence-corrected chi connectivity index (χ4v) is 2.26. The zero-order valence-corrected chi connectivity index (χ0v) is 12.7. The molecule has 0 aliphatic rings. The molecule has 0 bridgehead atoms. The third kappa shape index (κ3) is 4.64. The lowest BCUT2D eigenvalue weighted by atomic mass is 10.3. The van der Waals surface area contributed by atoms with Gasteiger partial charge in [-0.2, -0.15) is 0 Å². The van der Waals surface area contributed by atoms with Gasteiger partial charge in [0.05, 0.1) is 12.3 Å². The van der Waals surface area contributed by atoms with Crippen molar-refractivity contribution in [2.45, 2.75) is 13.8 Å². The van der Waals surface area contributed by atoms with Crippen LogP contribution in [0.4, 0.5) is 9.93 Å². The summed E-state index contributed by atoms with van der Waals surface area (Å²) in [6, 6.07) is 6.95. The first-order chi connectivity index (χ1) is 10.2. The van der Waals surface area contributed by atoms with Gasteiger partial charge in [-0.25, -0.2) is 9.78 Å². The number of anilines is 1. The Hall–Kier alpha value is -2.28. The van der Waals surface area contributed by atoms with Crippen LogP contribution in [0.2, 0.25) is 0 Å². The molecular formula is C14H17N3O3S. The molecule has 0 saturated heterocycles. The zero-order valence-electron chi connectivity index (χ0n) is 11.9. The van der Waals surface area contributed by atoms with E-state index in [4.69, 9.17) is 9.47 Å². The Morgan fingerprint density at radius 1 is 1.29 bits per heavy atom. The van der Waals surface area contributed by atoms with E-state index in [0.29, 0.717) is 23.2 Å². The van der Waals surface area contributed by atoms with Crippen LogP contribution in [0.15, 0.2) is 29.6 Å². The number of amides is 2. The topological polar surface area (TPSA) is 72.5 Å². The number of rotatable bonds is 6. The largest absolute Gasteiger partial charge is 0.490 e. The van der Waals surface area contributed by atoms with E-state index < -0.39 is 0 Å². The second-order valence-corrected chi connectivity index (χ2v) is 4.95. The zero-order chi connectivity index (χ0) is 15.1. The molecule has 112 valence electrons. The molecule has 2 rings (SSSR count). The monoisotopic (exact) mass is 307 g/mol. The molecule has 0 saturated carbocycles. The van der Waals surface area contributed by atoms with Crippen molar-refractivity contribution in [3.8, 4) is 11.5 Å². The van der Waals surface area contributed by atoms with Crippen molar-refractivity contribution in [3.05, 3.63) is 35.3 Å². The van der Waals surface area contributed by atoms with Crippen molar-refractivity contribution in [2.75, 3.05) is 18.7 Å². The van der Waals surface area contributed by atoms with E-state index in [1.807, 2.05) is 37.4 Å². The molecule has 0 aliphatic heterocycles. The highest BCUT2D eigenvalue weighted by Gasteiger charge is 2.06. The molecule has 7 heteroatoms. The summed E-state index contributed by atoms with van der Waals surface area (Å²) in [4.78, 5) is 15.8. The number of hydrogen-bond donors (Lipinski definition) is 2. The first kappa shape index (κ1) is 15.1. The molecule has 2 N–H and O–H groups in total. The molecule has 0 atom stereocenters. The Morgan fingerprint density at radius 2 is 2.00 bits per heavy atom. The van der Waals surface area contributed by atoms with E-state index in [-0.39, 0.29) is 12.8 Å². The number of urea groups is 1. The number of carbonyl (C=O) groups excluding carboxylic acids is 1. The standard InChI is InChI=1S/C14H17N3O3S/c1-3-19-11-6-4-5-7-12(11)20-9-15-13(18)17-14-16-10(2)8-21-14/h4-8H,3,9H2,1-2H3,(H2,15,16,17,18).